The van der Waals surface area contributed by atoms with Gasteiger partial charge in [0.25, 0.3) is 5.91 Å². The monoisotopic (exact) mass is 472 g/mol. The number of benzene rings is 1. The average Bonchev–Trinajstić information content (AvgIpc) is 2.72. The van der Waals surface area contributed by atoms with E-state index in [9.17, 15) is 34.8 Å². The van der Waals surface area contributed by atoms with E-state index in [0.29, 0.717) is 11.3 Å². The van der Waals surface area contributed by atoms with E-state index < -0.39 is 63.8 Å². The molecule has 0 aromatic heterocycles. The molecule has 3 aliphatic rings. The minimum Gasteiger partial charge on any atom is -0.508 e. The Bertz CT molecular complexity index is 1220. The van der Waals surface area contributed by atoms with Crippen LogP contribution < -0.4 is 16.4 Å². The van der Waals surface area contributed by atoms with Crippen molar-refractivity contribution < 1.29 is 34.8 Å². The number of amides is 1. The van der Waals surface area contributed by atoms with E-state index >= 15 is 0 Å². The molecular weight excluding hydrogens is 444 g/mol. The number of hydrogen-bond donors (Lipinski definition) is 6. The molecule has 4 unspecified atom stereocenters. The van der Waals surface area contributed by atoms with Crippen LogP contribution in [0.15, 0.2) is 23.0 Å². The first kappa shape index (κ1) is 23.6. The zero-order valence-electron chi connectivity index (χ0n) is 19.3. The van der Waals surface area contributed by atoms with E-state index in [1.165, 1.54) is 4.90 Å². The predicted octanol–water partition coefficient (Wildman–Crippen LogP) is -0.388. The maximum Gasteiger partial charge on any atom is 0.255 e. The van der Waals surface area contributed by atoms with Crippen LogP contribution in [-0.4, -0.2) is 82.6 Å². The van der Waals surface area contributed by atoms with Crippen molar-refractivity contribution in [2.45, 2.75) is 24.5 Å². The van der Waals surface area contributed by atoms with Crippen LogP contribution in [0.5, 0.6) is 5.75 Å². The van der Waals surface area contributed by atoms with Crippen molar-refractivity contribution in [1.82, 2.24) is 4.90 Å². The molecule has 0 saturated heterocycles. The van der Waals surface area contributed by atoms with Crippen molar-refractivity contribution in [1.29, 1.82) is 0 Å². The van der Waals surface area contributed by atoms with Crippen LogP contribution in [-0.2, 0) is 20.8 Å². The lowest BCUT2D eigenvalue weighted by atomic mass is 9.57. The first-order valence-corrected chi connectivity index (χ1v) is 10.7. The zero-order chi connectivity index (χ0) is 25.4. The maximum absolute atomic E-state index is 13.7. The number of phenolic OH excluding ortho intramolecular Hbond substituents is 1. The van der Waals surface area contributed by atoms with Gasteiger partial charge in [0.05, 0.1) is 17.3 Å². The third kappa shape index (κ3) is 2.86. The number of aliphatic hydroxyl groups excluding tert-OH is 2. The second-order valence-electron chi connectivity index (χ2n) is 9.54. The SMILES string of the molecule is CN(C)c1cc(N)c(O)c2c1CC1CC3C(N(C)C)C(=O)C(C(N)=O)=C(O)C3(O)C(=O)C1=C2O. The number of fused-ring (bicyclic) bond motifs is 3. The number of primary amides is 1. The number of aliphatic hydroxyl groups is 3. The number of Topliss-reactive ketones (excluding diaryl/α,β-unsaturated/α-hetero) is 2. The van der Waals surface area contributed by atoms with Crippen LogP contribution in [0.1, 0.15) is 17.5 Å². The average molecular weight is 472 g/mol. The highest BCUT2D eigenvalue weighted by Gasteiger charge is 2.64. The number of aromatic hydroxyl groups is 1. The third-order valence-corrected chi connectivity index (χ3v) is 7.21. The highest BCUT2D eigenvalue weighted by Crippen LogP contribution is 2.54. The molecule has 0 radical (unpaired) electrons. The highest BCUT2D eigenvalue weighted by molar-refractivity contribution is 6.24. The van der Waals surface area contributed by atoms with E-state index in [1.54, 1.807) is 39.2 Å². The Labute approximate surface area is 195 Å². The van der Waals surface area contributed by atoms with Gasteiger partial charge in [-0.2, -0.15) is 0 Å². The van der Waals surface area contributed by atoms with Crippen LogP contribution in [0, 0.1) is 11.8 Å². The third-order valence-electron chi connectivity index (χ3n) is 7.21. The summed E-state index contributed by atoms with van der Waals surface area (Å²) in [7, 11) is 6.64. The fourth-order valence-electron chi connectivity index (χ4n) is 5.71. The van der Waals surface area contributed by atoms with E-state index in [-0.39, 0.29) is 29.7 Å². The fraction of sp³-hybridized carbons (Fsp3) is 0.435. The van der Waals surface area contributed by atoms with E-state index in [2.05, 4.69) is 0 Å². The lowest BCUT2D eigenvalue weighted by Crippen LogP contribution is -2.65. The largest absolute Gasteiger partial charge is 0.508 e. The molecule has 1 saturated carbocycles. The topological polar surface area (TPSA) is 191 Å². The van der Waals surface area contributed by atoms with Crippen LogP contribution in [0.3, 0.4) is 0 Å². The van der Waals surface area contributed by atoms with Crippen LogP contribution >= 0.6 is 0 Å². The molecule has 1 amide bonds. The summed E-state index contributed by atoms with van der Waals surface area (Å²) in [5, 5.41) is 44.2. The number of likely N-dealkylation sites (N-methyl/N-ethyl adjacent to an activating group) is 1. The van der Waals surface area contributed by atoms with E-state index in [4.69, 9.17) is 11.5 Å². The molecule has 8 N–H and O–H groups in total. The van der Waals surface area contributed by atoms with E-state index in [1.807, 2.05) is 0 Å². The summed E-state index contributed by atoms with van der Waals surface area (Å²) in [5.74, 6) is -6.95. The van der Waals surface area contributed by atoms with Crippen molar-refractivity contribution in [3.05, 3.63) is 34.1 Å². The maximum atomic E-state index is 13.7. The standard InChI is InChI=1S/C23H28N4O7/c1-26(2)12-7-11(24)17(28)14-9(12)5-8-6-10-16(27(3)4)19(30)15(22(25)33)21(32)23(10,34)20(31)13(8)18(14)29/h7-8,10,16,28-29,32,34H,5-6,24H2,1-4H3,(H2,25,33). The van der Waals surface area contributed by atoms with Gasteiger partial charge in [-0.05, 0) is 44.5 Å². The quantitative estimate of drug-likeness (QED) is 0.192. The first-order chi connectivity index (χ1) is 15.7. The zero-order valence-corrected chi connectivity index (χ0v) is 19.3. The second kappa shape index (κ2) is 7.47. The molecule has 0 aliphatic heterocycles. The van der Waals surface area contributed by atoms with Crippen molar-refractivity contribution in [3.63, 3.8) is 0 Å². The van der Waals surface area contributed by atoms with Crippen molar-refractivity contribution in [3.8, 4) is 5.75 Å². The Morgan fingerprint density at radius 3 is 2.29 bits per heavy atom. The van der Waals surface area contributed by atoms with Crippen LogP contribution in [0.4, 0.5) is 11.4 Å². The van der Waals surface area contributed by atoms with Crippen molar-refractivity contribution >= 4 is 34.6 Å². The van der Waals surface area contributed by atoms with Gasteiger partial charge in [-0.25, -0.2) is 0 Å². The predicted molar refractivity (Wildman–Crippen MR) is 123 cm³/mol. The smallest absolute Gasteiger partial charge is 0.255 e. The van der Waals surface area contributed by atoms with Gasteiger partial charge in [0, 0.05) is 31.3 Å². The van der Waals surface area contributed by atoms with Crippen LogP contribution in [0.2, 0.25) is 0 Å². The molecule has 1 aromatic carbocycles. The molecule has 0 bridgehead atoms. The fourth-order valence-corrected chi connectivity index (χ4v) is 5.71. The number of nitrogens with two attached hydrogens (primary N) is 2. The molecule has 3 aliphatic carbocycles. The number of carbonyl (C=O) groups excluding carboxylic acids is 3. The number of hydrogen-bond acceptors (Lipinski definition) is 10. The number of carbonyl (C=O) groups is 3. The second-order valence-corrected chi connectivity index (χ2v) is 9.54. The molecule has 0 heterocycles. The van der Waals surface area contributed by atoms with Crippen molar-refractivity contribution in [2.75, 3.05) is 38.8 Å². The molecular formula is C23H28N4O7. The highest BCUT2D eigenvalue weighted by atomic mass is 16.3. The summed E-state index contributed by atoms with van der Waals surface area (Å²) in [5.41, 5.74) is 8.68. The molecule has 1 aromatic rings. The summed E-state index contributed by atoms with van der Waals surface area (Å²) < 4.78 is 0. The van der Waals surface area contributed by atoms with Gasteiger partial charge < -0.3 is 36.8 Å². The normalized spacial score (nSPS) is 28.6. The molecule has 182 valence electrons. The summed E-state index contributed by atoms with van der Waals surface area (Å²) >= 11 is 0. The van der Waals surface area contributed by atoms with Gasteiger partial charge in [0.1, 0.15) is 22.8 Å². The summed E-state index contributed by atoms with van der Waals surface area (Å²) in [6.45, 7) is 0. The van der Waals surface area contributed by atoms with Gasteiger partial charge in [-0.15, -0.1) is 0 Å². The summed E-state index contributed by atoms with van der Waals surface area (Å²) in [6, 6.07) is 0.444. The Balaban J connectivity index is 2.01. The molecule has 1 fully saturated rings. The summed E-state index contributed by atoms with van der Waals surface area (Å²) in [4.78, 5) is 42.0. The minimum atomic E-state index is -2.66. The van der Waals surface area contributed by atoms with Gasteiger partial charge in [0.2, 0.25) is 5.78 Å². The first-order valence-electron chi connectivity index (χ1n) is 10.7. The molecule has 11 nitrogen and oxygen atoms in total. The minimum absolute atomic E-state index is 0.0115. The Hall–Kier alpha value is -3.57. The van der Waals surface area contributed by atoms with Gasteiger partial charge in [-0.1, -0.05) is 0 Å². The Kier molecular flexibility index (Phi) is 5.18. The lowest BCUT2D eigenvalue weighted by molar-refractivity contribution is -0.153. The lowest BCUT2D eigenvalue weighted by Gasteiger charge is -2.50. The number of ketones is 2. The molecule has 0 spiro atoms. The number of phenols is 1. The van der Waals surface area contributed by atoms with Crippen LogP contribution in [0.25, 0.3) is 5.76 Å². The molecule has 4 atom stereocenters. The molecule has 4 rings (SSSR count). The number of anilines is 2. The molecule has 34 heavy (non-hydrogen) atoms. The van der Waals surface area contributed by atoms with Crippen molar-refractivity contribution in [2.24, 2.45) is 17.6 Å². The Morgan fingerprint density at radius 1 is 1.15 bits per heavy atom. The number of nitrogen functional groups attached to an aromatic ring is 1. The Morgan fingerprint density at radius 2 is 1.76 bits per heavy atom. The van der Waals surface area contributed by atoms with Gasteiger partial charge in [0.15, 0.2) is 11.4 Å². The van der Waals surface area contributed by atoms with Gasteiger partial charge >= 0.3 is 0 Å². The van der Waals surface area contributed by atoms with E-state index in [0.717, 1.165) is 0 Å². The summed E-state index contributed by atoms with van der Waals surface area (Å²) in [6.07, 6.45) is 0.236. The van der Waals surface area contributed by atoms with Gasteiger partial charge in [-0.3, -0.25) is 19.3 Å². The molecule has 11 heteroatoms. The number of nitrogens with zero attached hydrogens (tertiary/aromatic N) is 2. The number of rotatable bonds is 3.